The third-order valence-electron chi connectivity index (χ3n) is 3.83. The van der Waals surface area contributed by atoms with Crippen molar-refractivity contribution in [3.63, 3.8) is 0 Å². The Kier molecular flexibility index (Phi) is 6.70. The molecule has 1 heterocycles. The molecule has 0 aliphatic carbocycles. The van der Waals surface area contributed by atoms with Crippen molar-refractivity contribution in [3.8, 4) is 17.4 Å². The second kappa shape index (κ2) is 9.24. The monoisotopic (exact) mass is 451 g/mol. The summed E-state index contributed by atoms with van der Waals surface area (Å²) >= 11 is 5.97. The topological polar surface area (TPSA) is 117 Å². The van der Waals surface area contributed by atoms with Gasteiger partial charge in [0.15, 0.2) is 6.10 Å². The van der Waals surface area contributed by atoms with Gasteiger partial charge in [-0.2, -0.15) is 8.42 Å². The Morgan fingerprint density at radius 1 is 1.13 bits per heavy atom. The van der Waals surface area contributed by atoms with Crippen LogP contribution in [0.4, 0.5) is 0 Å². The minimum Gasteiger partial charge on any atom is -0.481 e. The van der Waals surface area contributed by atoms with Gasteiger partial charge in [-0.25, -0.2) is 15.4 Å². The molecule has 0 spiro atoms. The van der Waals surface area contributed by atoms with E-state index in [9.17, 15) is 13.2 Å². The molecule has 9 nitrogen and oxygen atoms in total. The standard InChI is InChI=1S/C19H18ClN3O6S/c1-3-30(25,26)29-23-19(24)12(2)27-14-5-7-15(8-6-14)28-18-11-21-16-9-4-13(20)10-17(16)22-18/h4-12H,3H2,1-2H3,(H,23,24). The highest BCUT2D eigenvalue weighted by Gasteiger charge is 2.18. The number of halogens is 1. The molecule has 1 N–H and O–H groups in total. The number of benzene rings is 2. The van der Waals surface area contributed by atoms with Crippen LogP contribution in [0.5, 0.6) is 17.4 Å². The van der Waals surface area contributed by atoms with Crippen LogP contribution in [0.15, 0.2) is 48.7 Å². The van der Waals surface area contributed by atoms with E-state index in [1.54, 1.807) is 42.5 Å². The summed E-state index contributed by atoms with van der Waals surface area (Å²) in [4.78, 5) is 20.5. The zero-order valence-electron chi connectivity index (χ0n) is 16.0. The summed E-state index contributed by atoms with van der Waals surface area (Å²) in [5.41, 5.74) is 3.15. The zero-order chi connectivity index (χ0) is 21.7. The maximum atomic E-state index is 11.9. The minimum atomic E-state index is -3.79. The molecule has 0 fully saturated rings. The van der Waals surface area contributed by atoms with E-state index in [0.29, 0.717) is 33.4 Å². The van der Waals surface area contributed by atoms with E-state index in [-0.39, 0.29) is 5.75 Å². The number of aromatic nitrogens is 2. The SMILES string of the molecule is CCS(=O)(=O)ONC(=O)C(C)Oc1ccc(Oc2cnc3ccc(Cl)cc3n2)cc1. The minimum absolute atomic E-state index is 0.265. The quantitative estimate of drug-likeness (QED) is 0.519. The highest BCUT2D eigenvalue weighted by molar-refractivity contribution is 7.86. The summed E-state index contributed by atoms with van der Waals surface area (Å²) in [7, 11) is -3.79. The molecule has 3 rings (SSSR count). The average molecular weight is 452 g/mol. The maximum absolute atomic E-state index is 11.9. The molecule has 30 heavy (non-hydrogen) atoms. The Bertz CT molecular complexity index is 1150. The van der Waals surface area contributed by atoms with Gasteiger partial charge in [-0.1, -0.05) is 11.6 Å². The Balaban J connectivity index is 1.60. The third-order valence-corrected chi connectivity index (χ3v) is 5.11. The molecule has 1 amide bonds. The fraction of sp³-hybridized carbons (Fsp3) is 0.211. The smallest absolute Gasteiger partial charge is 0.287 e. The molecule has 3 aromatic rings. The van der Waals surface area contributed by atoms with Crippen molar-refractivity contribution in [2.75, 3.05) is 5.75 Å². The molecule has 1 unspecified atom stereocenters. The molecular formula is C19H18ClN3O6S. The molecule has 0 saturated carbocycles. The Morgan fingerprint density at radius 2 is 1.83 bits per heavy atom. The van der Waals surface area contributed by atoms with E-state index in [2.05, 4.69) is 14.3 Å². The summed E-state index contributed by atoms with van der Waals surface area (Å²) in [6.07, 6.45) is 0.511. The van der Waals surface area contributed by atoms with E-state index in [4.69, 9.17) is 21.1 Å². The predicted octanol–water partition coefficient (Wildman–Crippen LogP) is 3.24. The van der Waals surface area contributed by atoms with E-state index >= 15 is 0 Å². The molecule has 0 radical (unpaired) electrons. The molecule has 158 valence electrons. The number of nitrogens with one attached hydrogen (secondary N) is 1. The summed E-state index contributed by atoms with van der Waals surface area (Å²) in [5, 5.41) is 0.548. The van der Waals surface area contributed by atoms with Crippen LogP contribution in [0.3, 0.4) is 0 Å². The summed E-state index contributed by atoms with van der Waals surface area (Å²) in [6, 6.07) is 11.6. The van der Waals surface area contributed by atoms with Crippen LogP contribution in [0, 0.1) is 0 Å². The van der Waals surface area contributed by atoms with Crippen LogP contribution in [0.25, 0.3) is 11.0 Å². The highest BCUT2D eigenvalue weighted by atomic mass is 35.5. The van der Waals surface area contributed by atoms with Gasteiger partial charge in [0.2, 0.25) is 5.88 Å². The van der Waals surface area contributed by atoms with Gasteiger partial charge in [0.1, 0.15) is 11.5 Å². The second-order valence-corrected chi connectivity index (χ2v) is 8.37. The highest BCUT2D eigenvalue weighted by Crippen LogP contribution is 2.25. The number of amides is 1. The molecule has 2 aromatic carbocycles. The van der Waals surface area contributed by atoms with Gasteiger partial charge >= 0.3 is 0 Å². The van der Waals surface area contributed by atoms with Gasteiger partial charge in [-0.15, -0.1) is 4.28 Å². The molecule has 1 atom stereocenters. The van der Waals surface area contributed by atoms with E-state index < -0.39 is 22.1 Å². The molecule has 11 heteroatoms. The van der Waals surface area contributed by atoms with Gasteiger partial charge in [-0.3, -0.25) is 4.79 Å². The van der Waals surface area contributed by atoms with Crippen molar-refractivity contribution in [1.29, 1.82) is 0 Å². The summed E-state index contributed by atoms with van der Waals surface area (Å²) < 4.78 is 38.0. The van der Waals surface area contributed by atoms with Crippen LogP contribution < -0.4 is 15.0 Å². The first-order valence-electron chi connectivity index (χ1n) is 8.83. The molecule has 1 aromatic heterocycles. The third kappa shape index (κ3) is 5.78. The van der Waals surface area contributed by atoms with Crippen LogP contribution in [0.2, 0.25) is 5.02 Å². The lowest BCUT2D eigenvalue weighted by Gasteiger charge is -2.14. The first-order valence-corrected chi connectivity index (χ1v) is 10.8. The average Bonchev–Trinajstić information content (AvgIpc) is 2.73. The largest absolute Gasteiger partial charge is 0.481 e. The van der Waals surface area contributed by atoms with E-state index in [1.807, 2.05) is 5.48 Å². The number of carbonyl (C=O) groups is 1. The number of nitrogens with zero attached hydrogens (tertiary/aromatic N) is 2. The molecule has 0 aliphatic heterocycles. The Morgan fingerprint density at radius 3 is 2.53 bits per heavy atom. The number of ether oxygens (including phenoxy) is 2. The number of hydroxylamine groups is 1. The molecule has 0 aliphatic rings. The number of carbonyl (C=O) groups excluding carboxylic acids is 1. The van der Waals surface area contributed by atoms with Crippen LogP contribution >= 0.6 is 11.6 Å². The van der Waals surface area contributed by atoms with Crippen molar-refractivity contribution in [1.82, 2.24) is 15.4 Å². The van der Waals surface area contributed by atoms with Crippen LogP contribution in [-0.2, 0) is 19.2 Å². The van der Waals surface area contributed by atoms with Gasteiger partial charge in [0, 0.05) is 5.02 Å². The number of hydrogen-bond acceptors (Lipinski definition) is 8. The normalized spacial score (nSPS) is 12.4. The van der Waals surface area contributed by atoms with Gasteiger partial charge in [0.05, 0.1) is 23.0 Å². The van der Waals surface area contributed by atoms with Crippen LogP contribution in [0.1, 0.15) is 13.8 Å². The second-order valence-electron chi connectivity index (χ2n) is 6.07. The van der Waals surface area contributed by atoms with Crippen molar-refractivity contribution in [3.05, 3.63) is 53.7 Å². The number of rotatable bonds is 8. The van der Waals surface area contributed by atoms with Crippen molar-refractivity contribution in [2.24, 2.45) is 0 Å². The predicted molar refractivity (Wildman–Crippen MR) is 110 cm³/mol. The van der Waals surface area contributed by atoms with Gasteiger partial charge in [-0.05, 0) is 56.3 Å². The van der Waals surface area contributed by atoms with E-state index in [1.165, 1.54) is 20.0 Å². The molecule has 0 saturated heterocycles. The lowest BCUT2D eigenvalue weighted by atomic mass is 10.3. The summed E-state index contributed by atoms with van der Waals surface area (Å²) in [6.45, 7) is 2.85. The van der Waals surface area contributed by atoms with E-state index in [0.717, 1.165) is 0 Å². The Labute approximate surface area is 178 Å². The lowest BCUT2D eigenvalue weighted by molar-refractivity contribution is -0.133. The molecular weight excluding hydrogens is 434 g/mol. The van der Waals surface area contributed by atoms with Crippen LogP contribution in [-0.4, -0.2) is 36.1 Å². The molecule has 0 bridgehead atoms. The van der Waals surface area contributed by atoms with Crippen molar-refractivity contribution >= 4 is 38.7 Å². The fourth-order valence-corrected chi connectivity index (χ4v) is 2.72. The number of fused-ring (bicyclic) bond motifs is 1. The van der Waals surface area contributed by atoms with Gasteiger partial charge < -0.3 is 9.47 Å². The fourth-order valence-electron chi connectivity index (χ4n) is 2.23. The lowest BCUT2D eigenvalue weighted by Crippen LogP contribution is -2.38. The van der Waals surface area contributed by atoms with Crippen molar-refractivity contribution < 1.29 is 27.0 Å². The van der Waals surface area contributed by atoms with Gasteiger partial charge in [0.25, 0.3) is 16.0 Å². The Hall–Kier alpha value is -2.95. The summed E-state index contributed by atoms with van der Waals surface area (Å²) in [5.74, 6) is 0.142. The number of hydrogen-bond donors (Lipinski definition) is 1. The van der Waals surface area contributed by atoms with Crippen molar-refractivity contribution in [2.45, 2.75) is 20.0 Å². The zero-order valence-corrected chi connectivity index (χ0v) is 17.6. The maximum Gasteiger partial charge on any atom is 0.287 e. The first kappa shape index (κ1) is 21.8. The first-order chi connectivity index (χ1) is 14.3.